The van der Waals surface area contributed by atoms with Crippen molar-refractivity contribution in [1.29, 1.82) is 0 Å². The molecular formula is C137H131N13. The SMILES string of the molecule is CC.CC.CC.CC.CC.CC.CC.CC.c1cc2cccc3c4cccc5cccc(c(c1)c23)c54.c1ccc(-c2cccc3nccnc23)cc1.c1ccc(-c2cnc3ccccc3n2)cc1.c1ccc(-c2nc3ccccc3nc2-c2ccccc2)cc1.c1ccc2c(c1)ccc1ncccc12.c1cnc2cc3cccnc3cc2c1.c1cnc2ccc3ncccc3c2c1.c1cncc(-c2cccc(-c3cccnc3)c2)c1. The summed E-state index contributed by atoms with van der Waals surface area (Å²) in [4.78, 5) is 57.2. The third-order valence-electron chi connectivity index (χ3n) is 23.2. The standard InChI is InChI=1S/C20H14N2.C20H12.C16H12N2.2C14H10N2.C13H9N.2C12H8N2.8C2H6/c1-3-9-15(10-4-1)19-20(16-11-5-2-6-12-16)22-18-14-8-7-13-17(18)21-19;1-5-13-6-2-11-17-18-12-4-8-14-7-3-10-16(20(14)18)15(9-1)19(13)17;1-4-13(15-6-2-8-17-11-15)10-14(5-1)16-7-3-9-18-12-16;1-2-6-11(7-3-1)14-10-15-12-8-4-5-9-13(12)16-14;1-2-5-11(6-3-1)12-7-4-8-13-14(12)16-10-9-15-13;1-2-5-11-10(4-1)7-8-13-12(11)6-3-9-14-13;1-3-9-10-4-2-8-14-12(10)6-5-11(9)13-7-1;1-3-9-7-12-10(4-2-6-14-12)8-11(9)13-5-1;8*1-2/h1-14H;1-12H;1-12H;2*1-10H;1-9H;2*1-8H;8*1-2H3. The molecule has 744 valence electrons. The van der Waals surface area contributed by atoms with Gasteiger partial charge in [-0.15, -0.1) is 0 Å². The molecule has 10 aromatic heterocycles. The number of aromatic nitrogens is 13. The highest BCUT2D eigenvalue weighted by Gasteiger charge is 2.16. The normalized spacial score (nSPS) is 10.0. The number of fused-ring (bicyclic) bond motifs is 13. The highest BCUT2D eigenvalue weighted by Crippen LogP contribution is 2.41. The van der Waals surface area contributed by atoms with E-state index in [-0.39, 0.29) is 0 Å². The molecule has 13 heteroatoms. The van der Waals surface area contributed by atoms with Crippen molar-refractivity contribution in [3.63, 3.8) is 0 Å². The summed E-state index contributed by atoms with van der Waals surface area (Å²) in [5.74, 6) is 0. The van der Waals surface area contributed by atoms with Crippen LogP contribution in [0.2, 0.25) is 0 Å². The van der Waals surface area contributed by atoms with Crippen molar-refractivity contribution in [3.8, 4) is 67.2 Å². The van der Waals surface area contributed by atoms with Gasteiger partial charge in [0.05, 0.1) is 84.0 Å². The van der Waals surface area contributed by atoms with Gasteiger partial charge in [0.2, 0.25) is 0 Å². The fraction of sp³-hybridized carbons (Fsp3) is 0.117. The van der Waals surface area contributed by atoms with Crippen LogP contribution in [0.1, 0.15) is 111 Å². The molecule has 0 fully saturated rings. The van der Waals surface area contributed by atoms with Crippen molar-refractivity contribution < 1.29 is 0 Å². The monoisotopic (exact) mass is 1960 g/mol. The molecule has 0 radical (unpaired) electrons. The summed E-state index contributed by atoms with van der Waals surface area (Å²) in [5, 5.41) is 19.3. The Labute approximate surface area is 883 Å². The lowest BCUT2D eigenvalue weighted by atomic mass is 9.90. The summed E-state index contributed by atoms with van der Waals surface area (Å²) in [6.07, 6.45) is 21.7. The summed E-state index contributed by atoms with van der Waals surface area (Å²) >= 11 is 0. The lowest BCUT2D eigenvalue weighted by Gasteiger charge is -2.13. The van der Waals surface area contributed by atoms with Gasteiger partial charge in [-0.2, -0.15) is 0 Å². The average molecular weight is 1960 g/mol. The average Bonchev–Trinajstić information content (AvgIpc) is 0.722. The van der Waals surface area contributed by atoms with E-state index in [0.717, 1.165) is 133 Å². The van der Waals surface area contributed by atoms with Gasteiger partial charge in [-0.3, -0.25) is 49.8 Å². The molecule has 0 aliphatic rings. The first-order valence-electron chi connectivity index (χ1n) is 52.3. The third-order valence-corrected chi connectivity index (χ3v) is 23.2. The van der Waals surface area contributed by atoms with Gasteiger partial charge in [-0.05, 0) is 180 Å². The van der Waals surface area contributed by atoms with Crippen LogP contribution in [0.4, 0.5) is 0 Å². The number of benzene rings is 17. The molecule has 0 N–H and O–H groups in total. The molecule has 27 aromatic rings. The first kappa shape index (κ1) is 110. The van der Waals surface area contributed by atoms with Crippen molar-refractivity contribution in [2.75, 3.05) is 0 Å². The Bertz CT molecular complexity index is 8050. The number of rotatable bonds is 6. The van der Waals surface area contributed by atoms with Crippen molar-refractivity contribution >= 4 is 141 Å². The Morgan fingerprint density at radius 3 is 0.887 bits per heavy atom. The Balaban J connectivity index is 0.000000149. The van der Waals surface area contributed by atoms with Gasteiger partial charge in [-0.25, -0.2) is 15.0 Å². The molecule has 0 saturated carbocycles. The maximum absolute atomic E-state index is 4.86. The number of hydrogen-bond donors (Lipinski definition) is 0. The summed E-state index contributed by atoms with van der Waals surface area (Å²) < 4.78 is 0. The van der Waals surface area contributed by atoms with Crippen LogP contribution >= 0.6 is 0 Å². The van der Waals surface area contributed by atoms with Gasteiger partial charge >= 0.3 is 0 Å². The van der Waals surface area contributed by atoms with Gasteiger partial charge in [0.25, 0.3) is 0 Å². The predicted octanol–water partition coefficient (Wildman–Crippen LogP) is 38.3. The molecule has 0 saturated heterocycles. The maximum atomic E-state index is 4.86. The van der Waals surface area contributed by atoms with E-state index in [2.05, 4.69) is 285 Å². The first-order valence-corrected chi connectivity index (χ1v) is 52.3. The smallest absolute Gasteiger partial charge is 0.0973 e. The fourth-order valence-electron chi connectivity index (χ4n) is 16.9. The molecular weight excluding hydrogens is 1830 g/mol. The Morgan fingerprint density at radius 2 is 0.447 bits per heavy atom. The number of pyridine rings is 7. The molecule has 0 atom stereocenters. The zero-order valence-electron chi connectivity index (χ0n) is 88.7. The summed E-state index contributed by atoms with van der Waals surface area (Å²) in [5.41, 5.74) is 23.7. The number of hydrogen-bond acceptors (Lipinski definition) is 13. The van der Waals surface area contributed by atoms with E-state index < -0.39 is 0 Å². The zero-order chi connectivity index (χ0) is 106. The van der Waals surface area contributed by atoms with Crippen LogP contribution < -0.4 is 0 Å². The second-order valence-corrected chi connectivity index (χ2v) is 31.6. The van der Waals surface area contributed by atoms with Crippen molar-refractivity contribution in [2.45, 2.75) is 111 Å². The van der Waals surface area contributed by atoms with Crippen LogP contribution in [0, 0.1) is 0 Å². The predicted molar refractivity (Wildman–Crippen MR) is 645 cm³/mol. The van der Waals surface area contributed by atoms with E-state index >= 15 is 0 Å². The topological polar surface area (TPSA) is 168 Å². The molecule has 150 heavy (non-hydrogen) atoms. The highest BCUT2D eigenvalue weighted by atomic mass is 14.8. The largest absolute Gasteiger partial charge is 0.264 e. The van der Waals surface area contributed by atoms with Crippen molar-refractivity contribution in [2.24, 2.45) is 0 Å². The Kier molecular flexibility index (Phi) is 44.0. The van der Waals surface area contributed by atoms with Gasteiger partial charge in [0, 0.05) is 128 Å². The molecule has 27 rings (SSSR count). The minimum atomic E-state index is 0.916. The lowest BCUT2D eigenvalue weighted by molar-refractivity contribution is 1.29. The highest BCUT2D eigenvalue weighted by molar-refractivity contribution is 6.33. The van der Waals surface area contributed by atoms with E-state index in [4.69, 9.17) is 9.97 Å². The second kappa shape index (κ2) is 59.8. The molecule has 10 heterocycles. The van der Waals surface area contributed by atoms with Crippen LogP contribution in [-0.4, -0.2) is 64.8 Å². The molecule has 17 aromatic carbocycles. The van der Waals surface area contributed by atoms with Crippen LogP contribution in [0.15, 0.2) is 505 Å². The summed E-state index contributed by atoms with van der Waals surface area (Å²) in [7, 11) is 0. The lowest BCUT2D eigenvalue weighted by Crippen LogP contribution is -1.95. The van der Waals surface area contributed by atoms with E-state index in [1.165, 1.54) is 75.9 Å². The van der Waals surface area contributed by atoms with Crippen LogP contribution in [0.25, 0.3) is 209 Å². The molecule has 0 unspecified atom stereocenters. The molecule has 13 nitrogen and oxygen atoms in total. The van der Waals surface area contributed by atoms with Gasteiger partial charge in [0.15, 0.2) is 0 Å². The Morgan fingerprint density at radius 1 is 0.147 bits per heavy atom. The van der Waals surface area contributed by atoms with Gasteiger partial charge in [0.1, 0.15) is 0 Å². The van der Waals surface area contributed by atoms with E-state index in [0.29, 0.717) is 0 Å². The van der Waals surface area contributed by atoms with Crippen molar-refractivity contribution in [3.05, 3.63) is 505 Å². The molecule has 0 amide bonds. The second-order valence-electron chi connectivity index (χ2n) is 31.6. The number of para-hydroxylation sites is 5. The molecule has 0 spiro atoms. The molecule has 0 aliphatic heterocycles. The minimum absolute atomic E-state index is 0.916. The maximum Gasteiger partial charge on any atom is 0.0973 e. The molecule has 0 bridgehead atoms. The summed E-state index contributed by atoms with van der Waals surface area (Å²) in [6, 6.07) is 146. The molecule has 0 aliphatic carbocycles. The summed E-state index contributed by atoms with van der Waals surface area (Å²) in [6.45, 7) is 32.0. The third kappa shape index (κ3) is 28.2. The first-order chi connectivity index (χ1) is 74.5. The zero-order valence-corrected chi connectivity index (χ0v) is 88.7. The quantitative estimate of drug-likeness (QED) is 0.114. The van der Waals surface area contributed by atoms with Gasteiger partial charge < -0.3 is 0 Å². The van der Waals surface area contributed by atoms with E-state index in [1.807, 2.05) is 361 Å². The van der Waals surface area contributed by atoms with Gasteiger partial charge in [-0.1, -0.05) is 432 Å². The fourth-order valence-corrected chi connectivity index (χ4v) is 16.9. The van der Waals surface area contributed by atoms with E-state index in [9.17, 15) is 0 Å². The van der Waals surface area contributed by atoms with Crippen molar-refractivity contribution in [1.82, 2.24) is 64.8 Å². The van der Waals surface area contributed by atoms with Crippen LogP contribution in [0.3, 0.4) is 0 Å². The minimum Gasteiger partial charge on any atom is -0.264 e. The number of nitrogens with zero attached hydrogens (tertiary/aromatic N) is 13. The van der Waals surface area contributed by atoms with Crippen LogP contribution in [-0.2, 0) is 0 Å². The Hall–Kier alpha value is -18.3. The van der Waals surface area contributed by atoms with Crippen LogP contribution in [0.5, 0.6) is 0 Å². The van der Waals surface area contributed by atoms with E-state index in [1.54, 1.807) is 24.8 Å².